The van der Waals surface area contributed by atoms with Gasteiger partial charge in [0.15, 0.2) is 0 Å². The number of nitriles is 1. The first kappa shape index (κ1) is 15.6. The summed E-state index contributed by atoms with van der Waals surface area (Å²) in [6.45, 7) is 0. The van der Waals surface area contributed by atoms with E-state index in [2.05, 4.69) is 20.9 Å². The van der Waals surface area contributed by atoms with E-state index in [1.807, 2.05) is 0 Å². The van der Waals surface area contributed by atoms with Crippen LogP contribution in [0.3, 0.4) is 0 Å². The highest BCUT2D eigenvalue weighted by Crippen LogP contribution is 2.39. The van der Waals surface area contributed by atoms with Crippen LogP contribution >= 0.6 is 27.5 Å². The molecule has 8 heteroatoms. The van der Waals surface area contributed by atoms with Gasteiger partial charge in [0, 0.05) is 6.20 Å². The number of aromatic nitrogens is 1. The molecule has 0 saturated carbocycles. The number of halogens is 5. The third-order valence-corrected chi connectivity index (χ3v) is 3.17. The van der Waals surface area contributed by atoms with Crippen LogP contribution in [0.1, 0.15) is 11.1 Å². The zero-order valence-electron chi connectivity index (χ0n) is 10.1. The molecule has 2 rings (SSSR count). The number of nitrogens with zero attached hydrogens (tertiary/aromatic N) is 2. The molecule has 2 aromatic rings. The summed E-state index contributed by atoms with van der Waals surface area (Å²) in [5.41, 5.74) is -1.16. The van der Waals surface area contributed by atoms with Gasteiger partial charge in [0.2, 0.25) is 5.88 Å². The normalized spacial score (nSPS) is 11.0. The molecule has 0 amide bonds. The van der Waals surface area contributed by atoms with Gasteiger partial charge < -0.3 is 4.74 Å². The summed E-state index contributed by atoms with van der Waals surface area (Å²) < 4.78 is 44.5. The van der Waals surface area contributed by atoms with Crippen molar-refractivity contribution < 1.29 is 17.9 Å². The van der Waals surface area contributed by atoms with Crippen molar-refractivity contribution in [2.45, 2.75) is 6.18 Å². The molecule has 0 aliphatic heterocycles. The minimum Gasteiger partial charge on any atom is -0.437 e. The zero-order valence-corrected chi connectivity index (χ0v) is 12.4. The lowest BCUT2D eigenvalue weighted by molar-refractivity contribution is -0.138. The lowest BCUT2D eigenvalue weighted by Gasteiger charge is -2.14. The molecule has 0 spiro atoms. The third-order valence-electron chi connectivity index (χ3n) is 2.39. The van der Waals surface area contributed by atoms with Crippen LogP contribution < -0.4 is 4.74 Å². The highest BCUT2D eigenvalue weighted by atomic mass is 79.9. The van der Waals surface area contributed by atoms with E-state index in [0.717, 1.165) is 12.1 Å². The summed E-state index contributed by atoms with van der Waals surface area (Å²) >= 11 is 8.80. The maximum atomic E-state index is 13.0. The van der Waals surface area contributed by atoms with Crippen molar-refractivity contribution in [2.75, 3.05) is 0 Å². The Kier molecular flexibility index (Phi) is 4.40. The molecule has 1 aromatic carbocycles. The maximum absolute atomic E-state index is 13.0. The maximum Gasteiger partial charge on any atom is 0.420 e. The Labute approximate surface area is 131 Å². The van der Waals surface area contributed by atoms with Crippen molar-refractivity contribution in [3.63, 3.8) is 0 Å². The van der Waals surface area contributed by atoms with Gasteiger partial charge in [-0.25, -0.2) is 4.98 Å². The SMILES string of the molecule is N#Cc1ccc(Oc2ncc(Cl)cc2Br)c(C(F)(F)F)c1. The molecule has 0 aliphatic carbocycles. The van der Waals surface area contributed by atoms with Crippen LogP contribution in [-0.4, -0.2) is 4.98 Å². The average molecular weight is 378 g/mol. The predicted molar refractivity (Wildman–Crippen MR) is 73.2 cm³/mol. The van der Waals surface area contributed by atoms with Gasteiger partial charge in [-0.3, -0.25) is 0 Å². The molecule has 0 unspecified atom stereocenters. The van der Waals surface area contributed by atoms with Crippen LogP contribution in [0.5, 0.6) is 11.6 Å². The molecule has 0 N–H and O–H groups in total. The van der Waals surface area contributed by atoms with E-state index < -0.39 is 17.5 Å². The second-order valence-corrected chi connectivity index (χ2v) is 5.15. The van der Waals surface area contributed by atoms with Crippen LogP contribution in [0.15, 0.2) is 34.9 Å². The Bertz CT molecular complexity index is 728. The average Bonchev–Trinajstić information content (AvgIpc) is 2.41. The summed E-state index contributed by atoms with van der Waals surface area (Å²) in [5, 5.41) is 9.00. The Balaban J connectivity index is 2.47. The predicted octanol–water partition coefficient (Wildman–Crippen LogP) is 5.18. The zero-order chi connectivity index (χ0) is 15.6. The van der Waals surface area contributed by atoms with Crippen molar-refractivity contribution in [1.82, 2.24) is 4.98 Å². The molecule has 0 saturated heterocycles. The van der Waals surface area contributed by atoms with Crippen molar-refractivity contribution in [3.05, 3.63) is 51.1 Å². The van der Waals surface area contributed by atoms with Gasteiger partial charge in [-0.2, -0.15) is 18.4 Å². The lowest BCUT2D eigenvalue weighted by Crippen LogP contribution is -2.08. The molecule has 21 heavy (non-hydrogen) atoms. The van der Waals surface area contributed by atoms with Crippen LogP contribution in [0.2, 0.25) is 5.02 Å². The van der Waals surface area contributed by atoms with E-state index in [1.54, 1.807) is 6.07 Å². The number of hydrogen-bond acceptors (Lipinski definition) is 3. The first-order valence-corrected chi connectivity index (χ1v) is 6.58. The van der Waals surface area contributed by atoms with Gasteiger partial charge in [-0.15, -0.1) is 0 Å². The minimum atomic E-state index is -4.65. The summed E-state index contributed by atoms with van der Waals surface area (Å²) in [6, 6.07) is 6.12. The number of rotatable bonds is 2. The van der Waals surface area contributed by atoms with E-state index in [9.17, 15) is 13.2 Å². The second-order valence-electron chi connectivity index (χ2n) is 3.86. The quantitative estimate of drug-likeness (QED) is 0.724. The standard InChI is InChI=1S/C13H5BrClF3N2O/c14-10-4-8(15)6-20-12(10)21-11-2-1-7(5-19)3-9(11)13(16,17)18/h1-4,6H. The van der Waals surface area contributed by atoms with E-state index >= 15 is 0 Å². The number of ether oxygens (including phenoxy) is 1. The fourth-order valence-corrected chi connectivity index (χ4v) is 2.21. The fraction of sp³-hybridized carbons (Fsp3) is 0.0769. The molecule has 0 fully saturated rings. The first-order valence-electron chi connectivity index (χ1n) is 5.41. The third kappa shape index (κ3) is 3.65. The van der Waals surface area contributed by atoms with Gasteiger partial charge in [-0.05, 0) is 40.2 Å². The van der Waals surface area contributed by atoms with Crippen LogP contribution in [0.25, 0.3) is 0 Å². The van der Waals surface area contributed by atoms with Crippen molar-refractivity contribution in [2.24, 2.45) is 0 Å². The molecular formula is C13H5BrClF3N2O. The lowest BCUT2D eigenvalue weighted by atomic mass is 10.1. The van der Waals surface area contributed by atoms with Crippen molar-refractivity contribution in [3.8, 4) is 17.7 Å². The van der Waals surface area contributed by atoms with Crippen LogP contribution in [0, 0.1) is 11.3 Å². The second kappa shape index (κ2) is 5.92. The van der Waals surface area contributed by atoms with Gasteiger partial charge in [-0.1, -0.05) is 11.6 Å². The van der Waals surface area contributed by atoms with Crippen molar-refractivity contribution >= 4 is 27.5 Å². The molecule has 1 aromatic heterocycles. The van der Waals surface area contributed by atoms with Gasteiger partial charge in [0.05, 0.1) is 26.7 Å². The monoisotopic (exact) mass is 376 g/mol. The highest BCUT2D eigenvalue weighted by molar-refractivity contribution is 9.10. The molecule has 0 atom stereocenters. The number of benzene rings is 1. The van der Waals surface area contributed by atoms with Crippen LogP contribution in [-0.2, 0) is 6.18 Å². The molecule has 1 heterocycles. The minimum absolute atomic E-state index is 0.0605. The van der Waals surface area contributed by atoms with Crippen molar-refractivity contribution in [1.29, 1.82) is 5.26 Å². The molecule has 0 radical (unpaired) electrons. The number of pyridine rings is 1. The van der Waals surface area contributed by atoms with Gasteiger partial charge >= 0.3 is 6.18 Å². The Morgan fingerprint density at radius 1 is 1.29 bits per heavy atom. The molecular weight excluding hydrogens is 373 g/mol. The van der Waals surface area contributed by atoms with E-state index in [0.29, 0.717) is 9.50 Å². The molecule has 0 aliphatic rings. The topological polar surface area (TPSA) is 45.9 Å². The Morgan fingerprint density at radius 2 is 2.00 bits per heavy atom. The molecule has 0 bridgehead atoms. The van der Waals surface area contributed by atoms with E-state index in [1.165, 1.54) is 18.3 Å². The van der Waals surface area contributed by atoms with E-state index in [4.69, 9.17) is 21.6 Å². The van der Waals surface area contributed by atoms with E-state index in [-0.39, 0.29) is 11.4 Å². The summed E-state index contributed by atoms with van der Waals surface area (Å²) in [6.07, 6.45) is -3.40. The highest BCUT2D eigenvalue weighted by Gasteiger charge is 2.35. The fourth-order valence-electron chi connectivity index (χ4n) is 1.49. The van der Waals surface area contributed by atoms with Gasteiger partial charge in [0.1, 0.15) is 5.75 Å². The first-order chi connectivity index (χ1) is 9.81. The number of alkyl halides is 3. The molecule has 108 valence electrons. The summed E-state index contributed by atoms with van der Waals surface area (Å²) in [4.78, 5) is 3.81. The summed E-state index contributed by atoms with van der Waals surface area (Å²) in [7, 11) is 0. The van der Waals surface area contributed by atoms with Gasteiger partial charge in [0.25, 0.3) is 0 Å². The molecule has 3 nitrogen and oxygen atoms in total. The smallest absolute Gasteiger partial charge is 0.420 e. The number of hydrogen-bond donors (Lipinski definition) is 0. The Hall–Kier alpha value is -1.78. The summed E-state index contributed by atoms with van der Waals surface area (Å²) in [5.74, 6) is -0.508. The van der Waals surface area contributed by atoms with Crippen LogP contribution in [0.4, 0.5) is 13.2 Å². The largest absolute Gasteiger partial charge is 0.437 e. The Morgan fingerprint density at radius 3 is 2.57 bits per heavy atom.